The Morgan fingerprint density at radius 3 is 0.904 bits per heavy atom. The van der Waals surface area contributed by atoms with Crippen molar-refractivity contribution < 1.29 is 28.1 Å². The van der Waals surface area contributed by atoms with Crippen LogP contribution in [0.5, 0.6) is 11.5 Å². The largest absolute Gasteiger partial charge is 0.497 e. The van der Waals surface area contributed by atoms with Gasteiger partial charge < -0.3 is 28.1 Å². The molecule has 1 aromatic carbocycles. The van der Waals surface area contributed by atoms with Crippen LogP contribution in [0.1, 0.15) is 206 Å². The number of hydrogen-bond acceptors (Lipinski definition) is 6. The Morgan fingerprint density at radius 2 is 0.635 bits per heavy atom. The van der Waals surface area contributed by atoms with E-state index in [1.165, 1.54) is 167 Å². The van der Waals surface area contributed by atoms with Crippen LogP contribution in [0.25, 0.3) is 0 Å². The molecule has 2 heterocycles. The highest BCUT2D eigenvalue weighted by Gasteiger charge is 2.34. The van der Waals surface area contributed by atoms with Crippen LogP contribution in [0.15, 0.2) is 12.1 Å². The van der Waals surface area contributed by atoms with Crippen LogP contribution in [-0.2, 0) is 18.6 Å². The highest BCUT2D eigenvalue weighted by molar-refractivity contribution is 6.65. The minimum absolute atomic E-state index is 0.439. The quantitative estimate of drug-likeness (QED) is 0.0521. The topological polar surface area (TPSA) is 55.4 Å². The average molecular weight is 727 g/mol. The van der Waals surface area contributed by atoms with Crippen molar-refractivity contribution in [3.05, 3.63) is 12.1 Å². The predicted molar refractivity (Wildman–Crippen MR) is 222 cm³/mol. The van der Waals surface area contributed by atoms with Crippen molar-refractivity contribution in [2.75, 3.05) is 39.6 Å². The van der Waals surface area contributed by atoms with Gasteiger partial charge in [-0.25, -0.2) is 0 Å². The van der Waals surface area contributed by atoms with Gasteiger partial charge in [0.25, 0.3) is 0 Å². The van der Waals surface area contributed by atoms with Crippen molar-refractivity contribution >= 4 is 25.2 Å². The Hall–Kier alpha value is -1.21. The second-order valence-corrected chi connectivity index (χ2v) is 15.7. The molecule has 0 spiro atoms. The van der Waals surface area contributed by atoms with Crippen molar-refractivity contribution in [1.82, 2.24) is 0 Å². The van der Waals surface area contributed by atoms with Crippen molar-refractivity contribution in [3.8, 4) is 11.5 Å². The maximum atomic E-state index is 6.49. The zero-order valence-corrected chi connectivity index (χ0v) is 34.2. The van der Waals surface area contributed by atoms with Gasteiger partial charge in [-0.1, -0.05) is 181 Å². The van der Waals surface area contributed by atoms with Crippen molar-refractivity contribution in [2.45, 2.75) is 206 Å². The van der Waals surface area contributed by atoms with Crippen molar-refractivity contribution in [3.63, 3.8) is 0 Å². The Balaban J connectivity index is 1.39. The average Bonchev–Trinajstić information content (AvgIpc) is 3.18. The molecule has 2 aliphatic heterocycles. The monoisotopic (exact) mass is 727 g/mol. The summed E-state index contributed by atoms with van der Waals surface area (Å²) >= 11 is 0. The summed E-state index contributed by atoms with van der Waals surface area (Å²) in [6.45, 7) is 8.71. The van der Waals surface area contributed by atoms with Crippen LogP contribution < -0.4 is 20.4 Å². The van der Waals surface area contributed by atoms with E-state index in [0.29, 0.717) is 39.6 Å². The molecule has 2 saturated heterocycles. The maximum Gasteiger partial charge on any atom is 0.497 e. The Kier molecular flexibility index (Phi) is 27.9. The SMILES string of the molecule is CCCCCCCCCCCCCCCCOc1cc(B2OCCCO2)c(OCCCCCCCCCCCCCCCC)cc1B1OCCCO1. The van der Waals surface area contributed by atoms with E-state index >= 15 is 0 Å². The molecule has 0 aromatic heterocycles. The first-order chi connectivity index (χ1) is 25.8. The van der Waals surface area contributed by atoms with Gasteiger partial charge in [0, 0.05) is 37.4 Å². The molecule has 0 aliphatic carbocycles. The Bertz CT molecular complexity index is 877. The van der Waals surface area contributed by atoms with E-state index in [4.69, 9.17) is 28.1 Å². The molecule has 0 N–H and O–H groups in total. The van der Waals surface area contributed by atoms with Gasteiger partial charge >= 0.3 is 14.2 Å². The molecule has 0 bridgehead atoms. The molecule has 52 heavy (non-hydrogen) atoms. The molecule has 0 unspecified atom stereocenters. The van der Waals surface area contributed by atoms with Gasteiger partial charge in [-0.05, 0) is 37.8 Å². The molecule has 8 heteroatoms. The molecule has 0 saturated carbocycles. The fourth-order valence-corrected chi connectivity index (χ4v) is 7.50. The van der Waals surface area contributed by atoms with Gasteiger partial charge in [0.1, 0.15) is 11.5 Å². The number of benzene rings is 1. The fourth-order valence-electron chi connectivity index (χ4n) is 7.50. The summed E-state index contributed by atoms with van der Waals surface area (Å²) < 4.78 is 37.3. The van der Waals surface area contributed by atoms with Crippen LogP contribution in [-0.4, -0.2) is 53.9 Å². The van der Waals surface area contributed by atoms with Gasteiger partial charge in [0.2, 0.25) is 0 Å². The van der Waals surface area contributed by atoms with E-state index in [-0.39, 0.29) is 0 Å². The van der Waals surface area contributed by atoms with Gasteiger partial charge in [-0.3, -0.25) is 0 Å². The lowest BCUT2D eigenvalue weighted by Crippen LogP contribution is -2.45. The van der Waals surface area contributed by atoms with Gasteiger partial charge in [-0.15, -0.1) is 0 Å². The molecule has 3 rings (SSSR count). The normalized spacial score (nSPS) is 15.0. The third-order valence-electron chi connectivity index (χ3n) is 10.8. The minimum Gasteiger partial charge on any atom is -0.494 e. The molecule has 0 atom stereocenters. The zero-order valence-electron chi connectivity index (χ0n) is 34.2. The highest BCUT2D eigenvalue weighted by Crippen LogP contribution is 2.22. The molecule has 0 amide bonds. The Labute approximate surface area is 322 Å². The van der Waals surface area contributed by atoms with E-state index in [9.17, 15) is 0 Å². The molecule has 2 fully saturated rings. The molecule has 2 aliphatic rings. The fraction of sp³-hybridized carbons (Fsp3) is 0.864. The number of hydrogen-bond donors (Lipinski definition) is 0. The lowest BCUT2D eigenvalue weighted by atomic mass is 9.71. The van der Waals surface area contributed by atoms with Crippen LogP contribution >= 0.6 is 0 Å². The molecule has 0 radical (unpaired) electrons. The summed E-state index contributed by atoms with van der Waals surface area (Å²) in [6.07, 6.45) is 39.6. The van der Waals surface area contributed by atoms with E-state index in [2.05, 4.69) is 26.0 Å². The van der Waals surface area contributed by atoms with Crippen LogP contribution in [0.3, 0.4) is 0 Å². The summed E-state index contributed by atoms with van der Waals surface area (Å²) in [6, 6.07) is 4.16. The van der Waals surface area contributed by atoms with Crippen molar-refractivity contribution in [2.24, 2.45) is 0 Å². The van der Waals surface area contributed by atoms with E-state index in [0.717, 1.165) is 48.1 Å². The smallest absolute Gasteiger partial charge is 0.494 e. The first-order valence-corrected chi connectivity index (χ1v) is 22.7. The minimum atomic E-state index is -0.439. The van der Waals surface area contributed by atoms with Crippen LogP contribution in [0.2, 0.25) is 0 Å². The Morgan fingerprint density at radius 1 is 0.385 bits per heavy atom. The molecule has 1 aromatic rings. The molecular formula is C44H80B2O6. The van der Waals surface area contributed by atoms with E-state index < -0.39 is 14.2 Å². The number of ether oxygens (including phenoxy) is 2. The second kappa shape index (κ2) is 32.1. The molecule has 298 valence electrons. The lowest BCUT2D eigenvalue weighted by Gasteiger charge is -2.26. The summed E-state index contributed by atoms with van der Waals surface area (Å²) in [5.41, 5.74) is 1.83. The van der Waals surface area contributed by atoms with Gasteiger partial charge in [0.15, 0.2) is 0 Å². The first-order valence-electron chi connectivity index (χ1n) is 22.7. The van der Waals surface area contributed by atoms with E-state index in [1.54, 1.807) is 0 Å². The third kappa shape index (κ3) is 21.0. The summed E-state index contributed by atoms with van der Waals surface area (Å²) in [5.74, 6) is 1.61. The first kappa shape index (κ1) is 45.2. The van der Waals surface area contributed by atoms with Crippen LogP contribution in [0, 0.1) is 0 Å². The van der Waals surface area contributed by atoms with Crippen LogP contribution in [0.4, 0.5) is 0 Å². The van der Waals surface area contributed by atoms with Gasteiger partial charge in [0.05, 0.1) is 13.2 Å². The zero-order chi connectivity index (χ0) is 36.6. The van der Waals surface area contributed by atoms with Crippen molar-refractivity contribution in [1.29, 1.82) is 0 Å². The summed E-state index contributed by atoms with van der Waals surface area (Å²) in [7, 11) is -0.878. The predicted octanol–water partition coefficient (Wildman–Crippen LogP) is 11.7. The molecule has 6 nitrogen and oxygen atoms in total. The maximum absolute atomic E-state index is 6.49. The summed E-state index contributed by atoms with van der Waals surface area (Å²) in [4.78, 5) is 0. The molecular weight excluding hydrogens is 646 g/mol. The highest BCUT2D eigenvalue weighted by atomic mass is 16.6. The summed E-state index contributed by atoms with van der Waals surface area (Å²) in [5, 5.41) is 0. The van der Waals surface area contributed by atoms with Gasteiger partial charge in [-0.2, -0.15) is 0 Å². The number of unbranched alkanes of at least 4 members (excludes halogenated alkanes) is 26. The second-order valence-electron chi connectivity index (χ2n) is 15.7. The lowest BCUT2D eigenvalue weighted by molar-refractivity contribution is 0.141. The number of rotatable bonds is 34. The van der Waals surface area contributed by atoms with E-state index in [1.807, 2.05) is 0 Å². The third-order valence-corrected chi connectivity index (χ3v) is 10.8. The standard InChI is InChI=1S/C44H80B2O6/c1-3-5-7-9-11-13-15-17-19-21-23-25-27-29-33-47-43-39-42(46-51-37-32-38-52-46)44(40-41(43)45-49-35-31-36-50-45)48-34-30-28-26-24-22-20-18-16-14-12-10-8-6-4-2/h39-40H,3-38H2,1-2H3.